The number of nitrogen functional groups attached to an aromatic ring is 1. The molecule has 1 atom stereocenters. The second kappa shape index (κ2) is 7.60. The molecule has 2 aromatic heterocycles. The summed E-state index contributed by atoms with van der Waals surface area (Å²) in [4.78, 5) is 43.1. The molecule has 3 heterocycles. The first-order chi connectivity index (χ1) is 14.3. The third-order valence-corrected chi connectivity index (χ3v) is 6.47. The van der Waals surface area contributed by atoms with Crippen molar-refractivity contribution in [2.45, 2.75) is 31.7 Å². The van der Waals surface area contributed by atoms with Gasteiger partial charge in [0.05, 0.1) is 6.04 Å². The highest BCUT2D eigenvalue weighted by atomic mass is 16.2. The van der Waals surface area contributed by atoms with Crippen molar-refractivity contribution in [3.8, 4) is 0 Å². The van der Waals surface area contributed by atoms with Gasteiger partial charge in [0.15, 0.2) is 5.78 Å². The standard InChI is InChI=1S/C22H27N5O3/c1-13(19(28)18-20(23)25(2)22(30)26(3)21(18)29)27-10-8-14(9-11-27)16-12-24-17-7-5-4-6-15(16)17/h4-7,12-14,24H,8-11,23H2,1-3H3. The van der Waals surface area contributed by atoms with Gasteiger partial charge in [-0.05, 0) is 50.4 Å². The maximum absolute atomic E-state index is 13.1. The quantitative estimate of drug-likeness (QED) is 0.637. The minimum Gasteiger partial charge on any atom is -0.384 e. The fourth-order valence-electron chi connectivity index (χ4n) is 4.50. The molecule has 0 aliphatic carbocycles. The van der Waals surface area contributed by atoms with E-state index in [0.717, 1.165) is 40.6 Å². The lowest BCUT2D eigenvalue weighted by Crippen LogP contribution is -2.48. The summed E-state index contributed by atoms with van der Waals surface area (Å²) in [6.07, 6.45) is 3.95. The molecular formula is C22H27N5O3. The summed E-state index contributed by atoms with van der Waals surface area (Å²) >= 11 is 0. The first kappa shape index (κ1) is 20.2. The van der Waals surface area contributed by atoms with Crippen molar-refractivity contribution in [3.63, 3.8) is 0 Å². The number of carbonyl (C=O) groups is 1. The predicted molar refractivity (Wildman–Crippen MR) is 117 cm³/mol. The number of nitrogens with one attached hydrogen (secondary N) is 1. The zero-order valence-corrected chi connectivity index (χ0v) is 17.5. The van der Waals surface area contributed by atoms with E-state index in [-0.39, 0.29) is 17.2 Å². The number of aromatic amines is 1. The van der Waals surface area contributed by atoms with Crippen LogP contribution in [-0.2, 0) is 14.1 Å². The number of ketones is 1. The van der Waals surface area contributed by atoms with E-state index in [4.69, 9.17) is 5.73 Å². The van der Waals surface area contributed by atoms with Gasteiger partial charge >= 0.3 is 5.69 Å². The lowest BCUT2D eigenvalue weighted by atomic mass is 9.88. The molecular weight excluding hydrogens is 382 g/mol. The van der Waals surface area contributed by atoms with Crippen LogP contribution in [0.3, 0.4) is 0 Å². The Labute approximate surface area is 173 Å². The number of nitrogens with two attached hydrogens (primary N) is 1. The van der Waals surface area contributed by atoms with Gasteiger partial charge in [-0.1, -0.05) is 18.2 Å². The minimum atomic E-state index is -0.638. The van der Waals surface area contributed by atoms with Crippen LogP contribution in [0.15, 0.2) is 40.1 Å². The van der Waals surface area contributed by atoms with E-state index in [2.05, 4.69) is 28.2 Å². The number of rotatable bonds is 4. The summed E-state index contributed by atoms with van der Waals surface area (Å²) in [5, 5.41) is 1.25. The van der Waals surface area contributed by atoms with Gasteiger partial charge in [0.1, 0.15) is 11.4 Å². The molecule has 1 saturated heterocycles. The van der Waals surface area contributed by atoms with Crippen molar-refractivity contribution in [2.75, 3.05) is 18.8 Å². The molecule has 1 aromatic carbocycles. The van der Waals surface area contributed by atoms with Crippen LogP contribution in [-0.4, -0.2) is 43.9 Å². The number of aromatic nitrogens is 3. The van der Waals surface area contributed by atoms with Crippen molar-refractivity contribution < 1.29 is 4.79 Å². The van der Waals surface area contributed by atoms with E-state index >= 15 is 0 Å². The molecule has 0 bridgehead atoms. The molecule has 0 saturated carbocycles. The Hall–Kier alpha value is -3.13. The molecule has 1 fully saturated rings. The monoisotopic (exact) mass is 409 g/mol. The van der Waals surface area contributed by atoms with E-state index in [9.17, 15) is 14.4 Å². The van der Waals surface area contributed by atoms with Crippen LogP contribution in [0.4, 0.5) is 5.82 Å². The number of fused-ring (bicyclic) bond motifs is 1. The minimum absolute atomic E-state index is 0.0753. The molecule has 0 radical (unpaired) electrons. The number of para-hydroxylation sites is 1. The van der Waals surface area contributed by atoms with Gasteiger partial charge in [-0.2, -0.15) is 0 Å². The Morgan fingerprint density at radius 2 is 1.80 bits per heavy atom. The Balaban J connectivity index is 1.52. The average molecular weight is 409 g/mol. The molecule has 4 rings (SSSR count). The Morgan fingerprint density at radius 3 is 2.50 bits per heavy atom. The van der Waals surface area contributed by atoms with E-state index in [1.807, 2.05) is 12.1 Å². The number of anilines is 1. The number of H-pyrrole nitrogens is 1. The summed E-state index contributed by atoms with van der Waals surface area (Å²) in [6, 6.07) is 7.80. The lowest BCUT2D eigenvalue weighted by Gasteiger charge is -2.35. The van der Waals surface area contributed by atoms with Crippen LogP contribution in [0.25, 0.3) is 10.9 Å². The Kier molecular flexibility index (Phi) is 5.11. The first-order valence-corrected chi connectivity index (χ1v) is 10.2. The number of Topliss-reactive ketones (excluding diaryl/α,β-unsaturated/α-hetero) is 1. The molecule has 8 nitrogen and oxygen atoms in total. The van der Waals surface area contributed by atoms with E-state index in [1.165, 1.54) is 25.0 Å². The molecule has 3 aromatic rings. The highest BCUT2D eigenvalue weighted by Crippen LogP contribution is 2.33. The molecule has 0 amide bonds. The normalized spacial score (nSPS) is 16.8. The van der Waals surface area contributed by atoms with Gasteiger partial charge in [-0.3, -0.25) is 23.6 Å². The van der Waals surface area contributed by atoms with Crippen LogP contribution in [0.5, 0.6) is 0 Å². The van der Waals surface area contributed by atoms with Gasteiger partial charge in [0, 0.05) is 31.2 Å². The highest BCUT2D eigenvalue weighted by Gasteiger charge is 2.31. The maximum atomic E-state index is 13.1. The molecule has 0 spiro atoms. The van der Waals surface area contributed by atoms with Crippen LogP contribution in [0.1, 0.15) is 41.6 Å². The predicted octanol–water partition coefficient (Wildman–Crippen LogP) is 1.60. The average Bonchev–Trinajstić information content (AvgIpc) is 3.20. The van der Waals surface area contributed by atoms with Crippen LogP contribution in [0, 0.1) is 0 Å². The van der Waals surface area contributed by atoms with E-state index < -0.39 is 17.3 Å². The number of piperidine rings is 1. The summed E-state index contributed by atoms with van der Waals surface area (Å²) < 4.78 is 2.07. The fraction of sp³-hybridized carbons (Fsp3) is 0.409. The van der Waals surface area contributed by atoms with Crippen LogP contribution >= 0.6 is 0 Å². The number of hydrogen-bond acceptors (Lipinski definition) is 5. The van der Waals surface area contributed by atoms with Gasteiger partial charge in [-0.25, -0.2) is 4.79 Å². The van der Waals surface area contributed by atoms with Crippen molar-refractivity contribution in [1.29, 1.82) is 0 Å². The third-order valence-electron chi connectivity index (χ3n) is 6.47. The van der Waals surface area contributed by atoms with Gasteiger partial charge in [0.25, 0.3) is 5.56 Å². The number of likely N-dealkylation sites (tertiary alicyclic amines) is 1. The summed E-state index contributed by atoms with van der Waals surface area (Å²) in [5.41, 5.74) is 7.14. The zero-order valence-electron chi connectivity index (χ0n) is 17.5. The lowest BCUT2D eigenvalue weighted by molar-refractivity contribution is 0.0795. The molecule has 1 aliphatic heterocycles. The highest BCUT2D eigenvalue weighted by molar-refractivity contribution is 6.03. The molecule has 3 N–H and O–H groups in total. The summed E-state index contributed by atoms with van der Waals surface area (Å²) in [6.45, 7) is 3.31. The van der Waals surface area contributed by atoms with Crippen molar-refractivity contribution in [2.24, 2.45) is 14.1 Å². The molecule has 8 heteroatoms. The number of carbonyl (C=O) groups excluding carboxylic acids is 1. The number of benzene rings is 1. The molecule has 1 aliphatic rings. The fourth-order valence-corrected chi connectivity index (χ4v) is 4.50. The molecule has 1 unspecified atom stereocenters. The maximum Gasteiger partial charge on any atom is 0.332 e. The van der Waals surface area contributed by atoms with Gasteiger partial charge in [-0.15, -0.1) is 0 Å². The largest absolute Gasteiger partial charge is 0.384 e. The summed E-state index contributed by atoms with van der Waals surface area (Å²) in [5.74, 6) is 0.0121. The Bertz CT molecular complexity index is 1230. The third kappa shape index (κ3) is 3.17. The van der Waals surface area contributed by atoms with E-state index in [1.54, 1.807) is 6.92 Å². The Morgan fingerprint density at radius 1 is 1.13 bits per heavy atom. The zero-order chi connectivity index (χ0) is 21.6. The molecule has 158 valence electrons. The topological polar surface area (TPSA) is 106 Å². The van der Waals surface area contributed by atoms with Gasteiger partial charge < -0.3 is 10.7 Å². The second-order valence-corrected chi connectivity index (χ2v) is 8.11. The SMILES string of the molecule is CC(C(=O)c1c(N)n(C)c(=O)n(C)c1=O)N1CCC(c2c[nH]c3ccccc23)CC1. The number of hydrogen-bond donors (Lipinski definition) is 2. The van der Waals surface area contributed by atoms with Crippen molar-refractivity contribution >= 4 is 22.5 Å². The van der Waals surface area contributed by atoms with Crippen molar-refractivity contribution in [3.05, 3.63) is 62.4 Å². The smallest absolute Gasteiger partial charge is 0.332 e. The van der Waals surface area contributed by atoms with Crippen molar-refractivity contribution in [1.82, 2.24) is 19.0 Å². The number of nitrogens with zero attached hydrogens (tertiary/aromatic N) is 3. The second-order valence-electron chi connectivity index (χ2n) is 8.11. The van der Waals surface area contributed by atoms with Crippen LogP contribution < -0.4 is 17.0 Å². The van der Waals surface area contributed by atoms with Gasteiger partial charge in [0.2, 0.25) is 0 Å². The van der Waals surface area contributed by atoms with Crippen LogP contribution in [0.2, 0.25) is 0 Å². The first-order valence-electron chi connectivity index (χ1n) is 10.2. The van der Waals surface area contributed by atoms with E-state index in [0.29, 0.717) is 5.92 Å². The summed E-state index contributed by atoms with van der Waals surface area (Å²) in [7, 11) is 2.82. The molecule has 30 heavy (non-hydrogen) atoms.